The molecule has 1 aromatic heterocycles. The highest BCUT2D eigenvalue weighted by atomic mass is 79.9. The van der Waals surface area contributed by atoms with Crippen LogP contribution in [0.5, 0.6) is 5.75 Å². The highest BCUT2D eigenvalue weighted by Crippen LogP contribution is 2.32. The molecule has 1 aromatic carbocycles. The number of rotatable bonds is 2. The largest absolute Gasteiger partial charge is 0.489 e. The Balaban J connectivity index is 1.90. The first-order chi connectivity index (χ1) is 9.75. The third-order valence-corrected chi connectivity index (χ3v) is 3.56. The van der Waals surface area contributed by atoms with E-state index in [0.29, 0.717) is 28.2 Å². The van der Waals surface area contributed by atoms with Gasteiger partial charge in [-0.05, 0) is 40.2 Å². The molecular weight excluding hydrogens is 322 g/mol. The molecule has 0 saturated heterocycles. The number of nitrogens with one attached hydrogen (secondary N) is 2. The molecule has 0 unspecified atom stereocenters. The third-order valence-electron chi connectivity index (χ3n) is 2.93. The number of aromatic nitrogens is 1. The van der Waals surface area contributed by atoms with E-state index in [4.69, 9.17) is 4.74 Å². The van der Waals surface area contributed by atoms with Crippen LogP contribution in [0.25, 0.3) is 0 Å². The maximum Gasteiger partial charge on any atom is 0.259 e. The normalized spacial score (nSPS) is 12.8. The van der Waals surface area contributed by atoms with Crippen LogP contribution < -0.4 is 15.4 Å². The highest BCUT2D eigenvalue weighted by Gasteiger charge is 2.19. The van der Waals surface area contributed by atoms with E-state index in [-0.39, 0.29) is 5.91 Å². The Morgan fingerprint density at radius 1 is 1.35 bits per heavy atom. The van der Waals surface area contributed by atoms with Crippen LogP contribution in [0.4, 0.5) is 11.4 Å². The van der Waals surface area contributed by atoms with Crippen LogP contribution in [0.2, 0.25) is 0 Å². The molecule has 20 heavy (non-hydrogen) atoms. The lowest BCUT2D eigenvalue weighted by Crippen LogP contribution is -2.22. The fraction of sp³-hybridized carbons (Fsp3) is 0.143. The van der Waals surface area contributed by atoms with E-state index in [1.807, 2.05) is 12.1 Å². The number of halogens is 1. The number of fused-ring (bicyclic) bond motifs is 1. The van der Waals surface area contributed by atoms with Crippen molar-refractivity contribution in [2.24, 2.45) is 0 Å². The van der Waals surface area contributed by atoms with Crippen molar-refractivity contribution in [1.29, 1.82) is 0 Å². The van der Waals surface area contributed by atoms with Gasteiger partial charge < -0.3 is 15.4 Å². The molecule has 2 heterocycles. The van der Waals surface area contributed by atoms with E-state index < -0.39 is 0 Å². The number of carbonyl (C=O) groups is 1. The van der Waals surface area contributed by atoms with E-state index in [1.54, 1.807) is 24.4 Å². The van der Waals surface area contributed by atoms with Crippen molar-refractivity contribution in [2.45, 2.75) is 0 Å². The number of amides is 1. The number of carbonyl (C=O) groups excluding carboxylic acids is 1. The van der Waals surface area contributed by atoms with Crippen molar-refractivity contribution in [3.8, 4) is 5.75 Å². The molecule has 1 aliphatic rings. The van der Waals surface area contributed by atoms with E-state index in [1.165, 1.54) is 0 Å². The number of hydrogen-bond donors (Lipinski definition) is 2. The predicted molar refractivity (Wildman–Crippen MR) is 80.3 cm³/mol. The zero-order valence-corrected chi connectivity index (χ0v) is 12.1. The summed E-state index contributed by atoms with van der Waals surface area (Å²) in [4.78, 5) is 16.4. The van der Waals surface area contributed by atoms with Crippen molar-refractivity contribution in [3.63, 3.8) is 0 Å². The molecule has 0 fully saturated rings. The molecule has 3 rings (SSSR count). The van der Waals surface area contributed by atoms with Crippen LogP contribution in [0.3, 0.4) is 0 Å². The van der Waals surface area contributed by atoms with Gasteiger partial charge in [-0.1, -0.05) is 6.07 Å². The van der Waals surface area contributed by atoms with Crippen LogP contribution in [0.15, 0.2) is 41.1 Å². The average Bonchev–Trinajstić information content (AvgIpc) is 2.49. The van der Waals surface area contributed by atoms with E-state index >= 15 is 0 Å². The first kappa shape index (κ1) is 12.9. The Bertz CT molecular complexity index is 661. The van der Waals surface area contributed by atoms with Gasteiger partial charge in [0.15, 0.2) is 5.75 Å². The number of nitrogens with zero attached hydrogens (tertiary/aromatic N) is 1. The van der Waals surface area contributed by atoms with Crippen LogP contribution in [0.1, 0.15) is 10.4 Å². The summed E-state index contributed by atoms with van der Waals surface area (Å²) in [5.74, 6) is 0.371. The summed E-state index contributed by atoms with van der Waals surface area (Å²) in [6, 6.07) is 9.01. The van der Waals surface area contributed by atoms with Gasteiger partial charge in [0.05, 0.1) is 16.9 Å². The van der Waals surface area contributed by atoms with Crippen molar-refractivity contribution < 1.29 is 9.53 Å². The fourth-order valence-electron chi connectivity index (χ4n) is 2.02. The van der Waals surface area contributed by atoms with Crippen LogP contribution in [-0.2, 0) is 0 Å². The van der Waals surface area contributed by atoms with E-state index in [2.05, 4.69) is 31.5 Å². The Morgan fingerprint density at radius 2 is 2.25 bits per heavy atom. The second-order valence-electron chi connectivity index (χ2n) is 4.25. The van der Waals surface area contributed by atoms with Gasteiger partial charge in [-0.25, -0.2) is 4.98 Å². The van der Waals surface area contributed by atoms with Gasteiger partial charge in [-0.3, -0.25) is 4.79 Å². The molecule has 2 N–H and O–H groups in total. The summed E-state index contributed by atoms with van der Waals surface area (Å²) in [6.45, 7) is 1.29. The van der Waals surface area contributed by atoms with Crippen molar-refractivity contribution in [2.75, 3.05) is 23.8 Å². The first-order valence-electron chi connectivity index (χ1n) is 6.17. The van der Waals surface area contributed by atoms with Gasteiger partial charge in [-0.2, -0.15) is 0 Å². The molecule has 0 bridgehead atoms. The summed E-state index contributed by atoms with van der Waals surface area (Å²) in [5, 5.41) is 6.03. The average molecular weight is 334 g/mol. The number of benzene rings is 1. The summed E-state index contributed by atoms with van der Waals surface area (Å²) in [6.07, 6.45) is 1.65. The quantitative estimate of drug-likeness (QED) is 0.829. The summed E-state index contributed by atoms with van der Waals surface area (Å²) in [7, 11) is 0. The minimum Gasteiger partial charge on any atom is -0.489 e. The SMILES string of the molecule is O=C(Nc1cccnc1Br)c1cccc2c1OCCN2. The molecular formula is C14H12BrN3O2. The minimum absolute atomic E-state index is 0.223. The molecule has 0 atom stereocenters. The standard InChI is InChI=1S/C14H12BrN3O2/c15-13-11(5-2-6-17-13)18-14(19)9-3-1-4-10-12(9)20-8-7-16-10/h1-6,16H,7-8H2,(H,18,19). The van der Waals surface area contributed by atoms with Crippen molar-refractivity contribution in [1.82, 2.24) is 4.98 Å². The highest BCUT2D eigenvalue weighted by molar-refractivity contribution is 9.10. The van der Waals surface area contributed by atoms with Crippen LogP contribution >= 0.6 is 15.9 Å². The van der Waals surface area contributed by atoms with E-state index in [0.717, 1.165) is 12.2 Å². The van der Waals surface area contributed by atoms with Gasteiger partial charge >= 0.3 is 0 Å². The Hall–Kier alpha value is -2.08. The molecule has 102 valence electrons. The molecule has 6 heteroatoms. The Labute approximate surface area is 124 Å². The molecule has 0 aliphatic carbocycles. The van der Waals surface area contributed by atoms with Gasteiger partial charge in [0.25, 0.3) is 5.91 Å². The lowest BCUT2D eigenvalue weighted by atomic mass is 10.1. The molecule has 5 nitrogen and oxygen atoms in total. The first-order valence-corrected chi connectivity index (χ1v) is 6.96. The number of para-hydroxylation sites is 1. The number of ether oxygens (including phenoxy) is 1. The molecule has 0 saturated carbocycles. The number of hydrogen-bond acceptors (Lipinski definition) is 4. The fourth-order valence-corrected chi connectivity index (χ4v) is 2.37. The van der Waals surface area contributed by atoms with Gasteiger partial charge in [-0.15, -0.1) is 0 Å². The van der Waals surface area contributed by atoms with E-state index in [9.17, 15) is 4.79 Å². The maximum absolute atomic E-state index is 12.4. The van der Waals surface area contributed by atoms with Crippen molar-refractivity contribution in [3.05, 3.63) is 46.7 Å². The predicted octanol–water partition coefficient (Wildman–Crippen LogP) is 2.90. The lowest BCUT2D eigenvalue weighted by molar-refractivity contribution is 0.102. The summed E-state index contributed by atoms with van der Waals surface area (Å²) >= 11 is 3.30. The topological polar surface area (TPSA) is 63.2 Å². The maximum atomic E-state index is 12.4. The molecule has 0 radical (unpaired) electrons. The van der Waals surface area contributed by atoms with Gasteiger partial charge in [0.1, 0.15) is 11.2 Å². The van der Waals surface area contributed by atoms with Crippen LogP contribution in [0, 0.1) is 0 Å². The minimum atomic E-state index is -0.223. The third kappa shape index (κ3) is 2.46. The Kier molecular flexibility index (Phi) is 3.56. The zero-order valence-electron chi connectivity index (χ0n) is 10.5. The summed E-state index contributed by atoms with van der Waals surface area (Å²) < 4.78 is 6.19. The smallest absolute Gasteiger partial charge is 0.259 e. The monoisotopic (exact) mass is 333 g/mol. The second kappa shape index (κ2) is 5.50. The second-order valence-corrected chi connectivity index (χ2v) is 5.00. The number of anilines is 2. The Morgan fingerprint density at radius 3 is 3.10 bits per heavy atom. The molecule has 1 aliphatic heterocycles. The van der Waals surface area contributed by atoms with Crippen molar-refractivity contribution >= 4 is 33.2 Å². The van der Waals surface area contributed by atoms with Crippen LogP contribution in [-0.4, -0.2) is 24.0 Å². The molecule has 2 aromatic rings. The number of pyridine rings is 1. The molecule has 1 amide bonds. The zero-order chi connectivity index (χ0) is 13.9. The summed E-state index contributed by atoms with van der Waals surface area (Å²) in [5.41, 5.74) is 1.97. The lowest BCUT2D eigenvalue weighted by Gasteiger charge is -2.21. The molecule has 0 spiro atoms. The van der Waals surface area contributed by atoms with Gasteiger partial charge in [0.2, 0.25) is 0 Å². The van der Waals surface area contributed by atoms with Gasteiger partial charge in [0, 0.05) is 12.7 Å².